The van der Waals surface area contributed by atoms with Crippen molar-refractivity contribution in [3.8, 4) is 6.07 Å². The quantitative estimate of drug-likeness (QED) is 0.837. The second-order valence-corrected chi connectivity index (χ2v) is 7.56. The highest BCUT2D eigenvalue weighted by molar-refractivity contribution is 6.62. The van der Waals surface area contributed by atoms with Gasteiger partial charge in [0.1, 0.15) is 11.9 Å². The molecule has 2 saturated heterocycles. The maximum absolute atomic E-state index is 9.56. The van der Waals surface area contributed by atoms with Gasteiger partial charge in [0.2, 0.25) is 0 Å². The van der Waals surface area contributed by atoms with Gasteiger partial charge in [0.25, 0.3) is 0 Å². The molecule has 0 saturated carbocycles. The van der Waals surface area contributed by atoms with Crippen molar-refractivity contribution in [3.05, 3.63) is 17.8 Å². The lowest BCUT2D eigenvalue weighted by atomic mass is 9.79. The summed E-state index contributed by atoms with van der Waals surface area (Å²) in [4.78, 5) is 6.72. The monoisotopic (exact) mass is 328 g/mol. The van der Waals surface area contributed by atoms with Crippen LogP contribution in [0, 0.1) is 11.3 Å². The van der Waals surface area contributed by atoms with Gasteiger partial charge in [0.15, 0.2) is 0 Å². The van der Waals surface area contributed by atoms with Crippen molar-refractivity contribution in [2.45, 2.75) is 51.4 Å². The predicted octanol–water partition coefficient (Wildman–Crippen LogP) is 1.05. The van der Waals surface area contributed by atoms with Crippen molar-refractivity contribution in [2.24, 2.45) is 0 Å². The lowest BCUT2D eigenvalue weighted by Crippen LogP contribution is -2.41. The highest BCUT2D eigenvalue weighted by Crippen LogP contribution is 2.36. The molecule has 0 spiro atoms. The fourth-order valence-electron chi connectivity index (χ4n) is 3.10. The van der Waals surface area contributed by atoms with Crippen LogP contribution in [0.4, 0.5) is 5.82 Å². The van der Waals surface area contributed by atoms with Crippen LogP contribution in [-0.2, 0) is 9.31 Å². The van der Waals surface area contributed by atoms with Crippen molar-refractivity contribution in [3.63, 3.8) is 0 Å². The van der Waals surface area contributed by atoms with Crippen LogP contribution in [0.25, 0.3) is 0 Å². The molecule has 24 heavy (non-hydrogen) atoms. The van der Waals surface area contributed by atoms with Crippen LogP contribution in [0.1, 0.15) is 39.7 Å². The number of hydrogen-bond donors (Lipinski definition) is 1. The Morgan fingerprint density at radius 2 is 2.00 bits per heavy atom. The first-order chi connectivity index (χ1) is 11.3. The second kappa shape index (κ2) is 6.03. The predicted molar refractivity (Wildman–Crippen MR) is 94.3 cm³/mol. The summed E-state index contributed by atoms with van der Waals surface area (Å²) in [5, 5.41) is 12.8. The molecule has 2 fully saturated rings. The summed E-state index contributed by atoms with van der Waals surface area (Å²) in [5.74, 6) is 0.746. The summed E-state index contributed by atoms with van der Waals surface area (Å²) in [6, 6.07) is 4.56. The summed E-state index contributed by atoms with van der Waals surface area (Å²) >= 11 is 0. The first-order valence-electron chi connectivity index (χ1n) is 8.45. The number of likely N-dealkylation sites (N-methyl/N-ethyl adjacent to an activating group) is 1. The molecular formula is C17H25BN4O2. The average molecular weight is 328 g/mol. The summed E-state index contributed by atoms with van der Waals surface area (Å²) < 4.78 is 12.1. The molecule has 0 amide bonds. The standard InChI is InChI=1S/C17H25BN4O2/c1-16(2)17(3,4)24-18(23-16)13-8-12(9-19)15(21-10-13)22-7-6-14(11-22)20-5/h8,10,14,20H,6-7,11H2,1-5H3. The van der Waals surface area contributed by atoms with Crippen LogP contribution in [0.15, 0.2) is 12.3 Å². The zero-order chi connectivity index (χ0) is 17.5. The molecule has 1 N–H and O–H groups in total. The molecule has 1 aromatic heterocycles. The number of nitriles is 1. The van der Waals surface area contributed by atoms with Crippen molar-refractivity contribution >= 4 is 18.4 Å². The second-order valence-electron chi connectivity index (χ2n) is 7.56. The number of anilines is 1. The van der Waals surface area contributed by atoms with E-state index >= 15 is 0 Å². The van der Waals surface area contributed by atoms with E-state index in [4.69, 9.17) is 9.31 Å². The van der Waals surface area contributed by atoms with Gasteiger partial charge in [-0.15, -0.1) is 0 Å². The minimum atomic E-state index is -0.493. The van der Waals surface area contributed by atoms with Crippen LogP contribution >= 0.6 is 0 Å². The Morgan fingerprint density at radius 3 is 2.54 bits per heavy atom. The molecule has 1 unspecified atom stereocenters. The fourth-order valence-corrected chi connectivity index (χ4v) is 3.10. The molecule has 3 rings (SSSR count). The highest BCUT2D eigenvalue weighted by Gasteiger charge is 2.52. The van der Waals surface area contributed by atoms with Gasteiger partial charge >= 0.3 is 7.12 Å². The first kappa shape index (κ1) is 17.2. The molecule has 2 aliphatic rings. The zero-order valence-electron chi connectivity index (χ0n) is 15.1. The smallest absolute Gasteiger partial charge is 0.399 e. The molecule has 7 heteroatoms. The van der Waals surface area contributed by atoms with E-state index in [0.717, 1.165) is 30.8 Å². The topological polar surface area (TPSA) is 70.4 Å². The Bertz CT molecular complexity index is 655. The molecule has 1 atom stereocenters. The van der Waals surface area contributed by atoms with E-state index in [1.54, 1.807) is 6.20 Å². The molecule has 3 heterocycles. The lowest BCUT2D eigenvalue weighted by molar-refractivity contribution is 0.00578. The van der Waals surface area contributed by atoms with E-state index in [-0.39, 0.29) is 0 Å². The Hall–Kier alpha value is -1.62. The molecule has 128 valence electrons. The molecule has 0 aliphatic carbocycles. The van der Waals surface area contributed by atoms with Gasteiger partial charge in [0.05, 0.1) is 16.8 Å². The molecule has 2 aliphatic heterocycles. The summed E-state index contributed by atoms with van der Waals surface area (Å²) in [7, 11) is 1.47. The third-order valence-corrected chi connectivity index (χ3v) is 5.43. The van der Waals surface area contributed by atoms with Crippen molar-refractivity contribution < 1.29 is 9.31 Å². The van der Waals surface area contributed by atoms with E-state index in [9.17, 15) is 5.26 Å². The first-order valence-corrected chi connectivity index (χ1v) is 8.45. The largest absolute Gasteiger partial charge is 0.496 e. The molecule has 6 nitrogen and oxygen atoms in total. The molecule has 1 aromatic rings. The SMILES string of the molecule is CNC1CCN(c2ncc(B3OC(C)(C)C(C)(C)O3)cc2C#N)C1. The summed E-state index contributed by atoms with van der Waals surface area (Å²) in [6.07, 6.45) is 2.83. The van der Waals surface area contributed by atoms with E-state index in [1.165, 1.54) is 0 Å². The number of aromatic nitrogens is 1. The zero-order valence-corrected chi connectivity index (χ0v) is 15.1. The van der Waals surface area contributed by atoms with Gasteiger partial charge in [-0.2, -0.15) is 5.26 Å². The lowest BCUT2D eigenvalue weighted by Gasteiger charge is -2.32. The fraction of sp³-hybridized carbons (Fsp3) is 0.647. The van der Waals surface area contributed by atoms with E-state index in [1.807, 2.05) is 40.8 Å². The third-order valence-electron chi connectivity index (χ3n) is 5.43. The van der Waals surface area contributed by atoms with Crippen LogP contribution in [0.3, 0.4) is 0 Å². The summed E-state index contributed by atoms with van der Waals surface area (Å²) in [5.41, 5.74) is 0.549. The average Bonchev–Trinajstić information content (AvgIpc) is 3.09. The Balaban J connectivity index is 1.85. The van der Waals surface area contributed by atoms with Crippen molar-refractivity contribution in [1.82, 2.24) is 10.3 Å². The van der Waals surface area contributed by atoms with Crippen LogP contribution < -0.4 is 15.7 Å². The minimum Gasteiger partial charge on any atom is -0.399 e. The molecule has 0 bridgehead atoms. The van der Waals surface area contributed by atoms with E-state index in [2.05, 4.69) is 21.3 Å². The van der Waals surface area contributed by atoms with Crippen molar-refractivity contribution in [1.29, 1.82) is 5.26 Å². The number of nitrogens with zero attached hydrogens (tertiary/aromatic N) is 3. The van der Waals surface area contributed by atoms with Gasteiger partial charge in [-0.25, -0.2) is 4.98 Å². The summed E-state index contributed by atoms with van der Waals surface area (Å²) in [6.45, 7) is 9.84. The Morgan fingerprint density at radius 1 is 1.33 bits per heavy atom. The normalized spacial score (nSPS) is 25.1. The van der Waals surface area contributed by atoms with Crippen LogP contribution in [0.5, 0.6) is 0 Å². The van der Waals surface area contributed by atoms with Gasteiger partial charge < -0.3 is 19.5 Å². The van der Waals surface area contributed by atoms with Crippen LogP contribution in [0.2, 0.25) is 0 Å². The Labute approximate surface area is 144 Å². The van der Waals surface area contributed by atoms with E-state index < -0.39 is 18.3 Å². The maximum Gasteiger partial charge on any atom is 0.496 e. The van der Waals surface area contributed by atoms with Crippen molar-refractivity contribution in [2.75, 3.05) is 25.0 Å². The molecular weight excluding hydrogens is 303 g/mol. The van der Waals surface area contributed by atoms with Gasteiger partial charge in [-0.3, -0.25) is 0 Å². The number of pyridine rings is 1. The van der Waals surface area contributed by atoms with E-state index in [0.29, 0.717) is 11.6 Å². The van der Waals surface area contributed by atoms with Crippen LogP contribution in [-0.4, -0.2) is 49.5 Å². The maximum atomic E-state index is 9.56. The number of hydrogen-bond acceptors (Lipinski definition) is 6. The van der Waals surface area contributed by atoms with Gasteiger partial charge in [-0.05, 0) is 47.2 Å². The van der Waals surface area contributed by atoms with Gasteiger partial charge in [-0.1, -0.05) is 0 Å². The van der Waals surface area contributed by atoms with Gasteiger partial charge in [0, 0.05) is 30.8 Å². The molecule has 0 aromatic carbocycles. The minimum absolute atomic E-state index is 0.405. The number of rotatable bonds is 3. The highest BCUT2D eigenvalue weighted by atomic mass is 16.7. The Kier molecular flexibility index (Phi) is 4.33. The third kappa shape index (κ3) is 2.90. The number of nitrogens with one attached hydrogen (secondary N) is 1. The molecule has 0 radical (unpaired) electrons.